The molecule has 9 heavy (non-hydrogen) atoms. The standard InChI is InChI=1S/C6H13N3/c1-5-6(2)7-8-9(3)4/h5H,1-4H3. The highest BCUT2D eigenvalue weighted by Crippen LogP contribution is 1.94. The van der Waals surface area contributed by atoms with Crippen LogP contribution < -0.4 is 0 Å². The first-order chi connectivity index (χ1) is 4.16. The van der Waals surface area contributed by atoms with Crippen molar-refractivity contribution >= 4 is 0 Å². The quantitative estimate of drug-likeness (QED) is 0.411. The van der Waals surface area contributed by atoms with Crippen molar-refractivity contribution < 1.29 is 0 Å². The van der Waals surface area contributed by atoms with E-state index in [1.54, 1.807) is 5.01 Å². The minimum absolute atomic E-state index is 0.934. The molecule has 0 spiro atoms. The lowest BCUT2D eigenvalue weighted by Crippen LogP contribution is -1.99. The van der Waals surface area contributed by atoms with Gasteiger partial charge in [0.1, 0.15) is 0 Å². The molecule has 0 aromatic heterocycles. The van der Waals surface area contributed by atoms with Crippen LogP contribution in [-0.2, 0) is 0 Å². The Morgan fingerprint density at radius 3 is 2.33 bits per heavy atom. The Morgan fingerprint density at radius 2 is 2.00 bits per heavy atom. The average Bonchev–Trinajstić information content (AvgIpc) is 1.83. The molecule has 52 valence electrons. The second kappa shape index (κ2) is 4.06. The lowest BCUT2D eigenvalue weighted by molar-refractivity contribution is 0.405. The number of nitrogens with zero attached hydrogens (tertiary/aromatic N) is 3. The van der Waals surface area contributed by atoms with E-state index in [4.69, 9.17) is 0 Å². The first-order valence-corrected chi connectivity index (χ1v) is 2.88. The molecule has 3 heteroatoms. The molecule has 0 N–H and O–H groups in total. The van der Waals surface area contributed by atoms with E-state index < -0.39 is 0 Å². The van der Waals surface area contributed by atoms with Gasteiger partial charge in [0.25, 0.3) is 0 Å². The maximum atomic E-state index is 3.85. The van der Waals surface area contributed by atoms with Crippen LogP contribution in [0.25, 0.3) is 0 Å². The fourth-order valence-electron chi connectivity index (χ4n) is 0.218. The van der Waals surface area contributed by atoms with Crippen LogP contribution in [0.1, 0.15) is 13.8 Å². The monoisotopic (exact) mass is 127 g/mol. The molecule has 0 aliphatic carbocycles. The molecule has 0 aliphatic heterocycles. The molecule has 0 amide bonds. The van der Waals surface area contributed by atoms with Gasteiger partial charge in [-0.05, 0) is 13.8 Å². The van der Waals surface area contributed by atoms with Gasteiger partial charge in [0.05, 0.1) is 5.70 Å². The topological polar surface area (TPSA) is 28.0 Å². The van der Waals surface area contributed by atoms with Crippen molar-refractivity contribution in [2.75, 3.05) is 14.1 Å². The van der Waals surface area contributed by atoms with E-state index in [2.05, 4.69) is 10.3 Å². The van der Waals surface area contributed by atoms with Crippen LogP contribution >= 0.6 is 0 Å². The normalized spacial score (nSPS) is 12.7. The average molecular weight is 127 g/mol. The Balaban J connectivity index is 3.71. The third kappa shape index (κ3) is 5.00. The van der Waals surface area contributed by atoms with E-state index in [9.17, 15) is 0 Å². The van der Waals surface area contributed by atoms with Gasteiger partial charge in [-0.3, -0.25) is 5.01 Å². The van der Waals surface area contributed by atoms with Crippen LogP contribution in [-0.4, -0.2) is 19.1 Å². The Morgan fingerprint density at radius 1 is 1.44 bits per heavy atom. The van der Waals surface area contributed by atoms with Gasteiger partial charge < -0.3 is 0 Å². The SMILES string of the molecule is CC=C(C)N=NN(C)C. The Hall–Kier alpha value is -0.860. The summed E-state index contributed by atoms with van der Waals surface area (Å²) in [6.45, 7) is 3.84. The first kappa shape index (κ1) is 8.14. The smallest absolute Gasteiger partial charge is 0.0574 e. The van der Waals surface area contributed by atoms with Gasteiger partial charge in [0, 0.05) is 14.1 Å². The second-order valence-electron chi connectivity index (χ2n) is 1.97. The van der Waals surface area contributed by atoms with E-state index in [0.29, 0.717) is 0 Å². The van der Waals surface area contributed by atoms with Crippen LogP contribution in [0.15, 0.2) is 22.1 Å². The van der Waals surface area contributed by atoms with Crippen LogP contribution in [0.4, 0.5) is 0 Å². The number of hydrogen-bond donors (Lipinski definition) is 0. The number of rotatable bonds is 2. The van der Waals surface area contributed by atoms with E-state index in [1.807, 2.05) is 34.0 Å². The highest BCUT2D eigenvalue weighted by atomic mass is 15.5. The maximum absolute atomic E-state index is 3.85. The summed E-state index contributed by atoms with van der Waals surface area (Å²) in [5.74, 6) is 0. The van der Waals surface area contributed by atoms with Crippen molar-refractivity contribution in [1.82, 2.24) is 5.01 Å². The van der Waals surface area contributed by atoms with Crippen LogP contribution in [0.2, 0.25) is 0 Å². The summed E-state index contributed by atoms with van der Waals surface area (Å²) in [4.78, 5) is 0. The molecule has 0 unspecified atom stereocenters. The molecule has 0 radical (unpaired) electrons. The summed E-state index contributed by atoms with van der Waals surface area (Å²) < 4.78 is 0. The fourth-order valence-corrected chi connectivity index (χ4v) is 0.218. The maximum Gasteiger partial charge on any atom is 0.0574 e. The molecule has 0 aromatic carbocycles. The predicted octanol–water partition coefficient (Wildman–Crippen LogP) is 1.84. The van der Waals surface area contributed by atoms with E-state index >= 15 is 0 Å². The lowest BCUT2D eigenvalue weighted by atomic mass is 10.5. The van der Waals surface area contributed by atoms with Crippen molar-refractivity contribution in [3.05, 3.63) is 11.8 Å². The molecule has 0 atom stereocenters. The molecule has 0 aromatic rings. The second-order valence-corrected chi connectivity index (χ2v) is 1.97. The van der Waals surface area contributed by atoms with Crippen LogP contribution in [0, 0.1) is 0 Å². The van der Waals surface area contributed by atoms with Gasteiger partial charge >= 0.3 is 0 Å². The van der Waals surface area contributed by atoms with Crippen LogP contribution in [0.5, 0.6) is 0 Å². The summed E-state index contributed by atoms with van der Waals surface area (Å²) in [5, 5.41) is 9.30. The molecule has 0 fully saturated rings. The van der Waals surface area contributed by atoms with Gasteiger partial charge in [0.15, 0.2) is 0 Å². The molecular weight excluding hydrogens is 114 g/mol. The van der Waals surface area contributed by atoms with Crippen molar-refractivity contribution in [1.29, 1.82) is 0 Å². The van der Waals surface area contributed by atoms with Gasteiger partial charge in [-0.1, -0.05) is 11.3 Å². The van der Waals surface area contributed by atoms with Gasteiger partial charge in [-0.25, -0.2) is 0 Å². The Bertz CT molecular complexity index is 124. The van der Waals surface area contributed by atoms with E-state index in [0.717, 1.165) is 5.70 Å². The largest absolute Gasteiger partial charge is 0.285 e. The summed E-state index contributed by atoms with van der Waals surface area (Å²) in [6, 6.07) is 0. The summed E-state index contributed by atoms with van der Waals surface area (Å²) >= 11 is 0. The Kier molecular flexibility index (Phi) is 3.67. The van der Waals surface area contributed by atoms with Crippen molar-refractivity contribution in [2.24, 2.45) is 10.3 Å². The first-order valence-electron chi connectivity index (χ1n) is 2.88. The molecule has 0 aliphatic rings. The van der Waals surface area contributed by atoms with E-state index in [1.165, 1.54) is 0 Å². The van der Waals surface area contributed by atoms with Gasteiger partial charge in [0.2, 0.25) is 0 Å². The van der Waals surface area contributed by atoms with Crippen molar-refractivity contribution in [3.63, 3.8) is 0 Å². The minimum atomic E-state index is 0.934. The lowest BCUT2D eigenvalue weighted by Gasteiger charge is -1.98. The zero-order valence-corrected chi connectivity index (χ0v) is 6.42. The highest BCUT2D eigenvalue weighted by Gasteiger charge is 1.79. The zero-order valence-electron chi connectivity index (χ0n) is 6.42. The zero-order chi connectivity index (χ0) is 7.28. The molecule has 0 rings (SSSR count). The van der Waals surface area contributed by atoms with E-state index in [-0.39, 0.29) is 0 Å². The minimum Gasteiger partial charge on any atom is -0.285 e. The summed E-state index contributed by atoms with van der Waals surface area (Å²) in [6.07, 6.45) is 1.91. The van der Waals surface area contributed by atoms with Gasteiger partial charge in [-0.15, -0.1) is 5.11 Å². The highest BCUT2D eigenvalue weighted by molar-refractivity contribution is 4.90. The molecule has 0 saturated carbocycles. The van der Waals surface area contributed by atoms with Gasteiger partial charge in [-0.2, -0.15) is 0 Å². The van der Waals surface area contributed by atoms with Crippen molar-refractivity contribution in [2.45, 2.75) is 13.8 Å². The number of allylic oxidation sites excluding steroid dienone is 2. The number of hydrogen-bond acceptors (Lipinski definition) is 2. The summed E-state index contributed by atoms with van der Waals surface area (Å²) in [7, 11) is 3.68. The molecule has 0 heterocycles. The van der Waals surface area contributed by atoms with Crippen molar-refractivity contribution in [3.8, 4) is 0 Å². The molecule has 3 nitrogen and oxygen atoms in total. The third-order valence-corrected chi connectivity index (χ3v) is 0.799. The van der Waals surface area contributed by atoms with Crippen LogP contribution in [0.3, 0.4) is 0 Å². The third-order valence-electron chi connectivity index (χ3n) is 0.799. The molecule has 0 saturated heterocycles. The molecule has 0 bridgehead atoms. The molecular formula is C6H13N3. The fraction of sp³-hybridized carbons (Fsp3) is 0.667. The predicted molar refractivity (Wildman–Crippen MR) is 38.0 cm³/mol. The Labute approximate surface area is 56.1 Å². The summed E-state index contributed by atoms with van der Waals surface area (Å²) in [5.41, 5.74) is 0.934.